The van der Waals surface area contributed by atoms with Crippen LogP contribution in [0.2, 0.25) is 5.15 Å². The van der Waals surface area contributed by atoms with Crippen LogP contribution >= 0.6 is 11.6 Å². The summed E-state index contributed by atoms with van der Waals surface area (Å²) >= 11 is 6.19. The Labute approximate surface area is 108 Å². The Morgan fingerprint density at radius 1 is 1.41 bits per heavy atom. The minimum Gasteiger partial charge on any atom is -0.369 e. The summed E-state index contributed by atoms with van der Waals surface area (Å²) in [4.78, 5) is 14.5. The van der Waals surface area contributed by atoms with Crippen LogP contribution in [0.1, 0.15) is 37.4 Å². The maximum Gasteiger partial charge on any atom is 0.252 e. The molecule has 1 atom stereocenters. The molecule has 1 aromatic rings. The second kappa shape index (κ2) is 5.96. The van der Waals surface area contributed by atoms with Gasteiger partial charge >= 0.3 is 0 Å². The molecule has 1 rings (SSSR count). The smallest absolute Gasteiger partial charge is 0.252 e. The zero-order chi connectivity index (χ0) is 13.0. The topological polar surface area (TPSA) is 41.4 Å². The van der Waals surface area contributed by atoms with E-state index < -0.39 is 0 Å². The molecule has 5 heteroatoms. The summed E-state index contributed by atoms with van der Waals surface area (Å²) in [6, 6.07) is 0. The van der Waals surface area contributed by atoms with E-state index in [1.165, 1.54) is 0 Å². The van der Waals surface area contributed by atoms with Gasteiger partial charge in [-0.15, -0.1) is 0 Å². The predicted octanol–water partition coefficient (Wildman–Crippen LogP) is 3.17. The monoisotopic (exact) mass is 254 g/mol. The van der Waals surface area contributed by atoms with Crippen molar-refractivity contribution in [3.05, 3.63) is 16.4 Å². The van der Waals surface area contributed by atoms with Crippen molar-refractivity contribution in [2.75, 3.05) is 14.1 Å². The van der Waals surface area contributed by atoms with E-state index in [2.05, 4.69) is 28.8 Å². The average molecular weight is 255 g/mol. The Morgan fingerprint density at radius 2 is 2.06 bits per heavy atom. The van der Waals surface area contributed by atoms with Crippen LogP contribution in [-0.4, -0.2) is 35.3 Å². The second-order valence-corrected chi connectivity index (χ2v) is 4.69. The first-order valence-corrected chi connectivity index (χ1v) is 6.08. The number of aryl methyl sites for hydroxylation is 1. The molecule has 0 saturated heterocycles. The number of nitrogens with zero attached hydrogens (tertiary/aromatic N) is 4. The van der Waals surface area contributed by atoms with E-state index in [0.29, 0.717) is 17.0 Å². The molecule has 1 heterocycles. The highest BCUT2D eigenvalue weighted by molar-refractivity contribution is 6.30. The van der Waals surface area contributed by atoms with Gasteiger partial charge in [-0.25, -0.2) is 9.98 Å². The molecule has 0 aromatic carbocycles. The summed E-state index contributed by atoms with van der Waals surface area (Å²) in [5, 5.41) is 0.512. The fourth-order valence-corrected chi connectivity index (χ4v) is 1.92. The van der Waals surface area contributed by atoms with Crippen molar-refractivity contribution in [1.82, 2.24) is 14.9 Å². The van der Waals surface area contributed by atoms with Gasteiger partial charge in [0.2, 0.25) is 0 Å². The largest absolute Gasteiger partial charge is 0.369 e. The van der Waals surface area contributed by atoms with Crippen molar-refractivity contribution in [3.63, 3.8) is 0 Å². The standard InChI is InChI=1S/C12H19ClN4/c1-6-8(2)10-9(3)15-12(16-11(10)13)14-7-17(4)5/h7-8H,6H2,1-5H3/b14-7+. The van der Waals surface area contributed by atoms with E-state index in [9.17, 15) is 0 Å². The van der Waals surface area contributed by atoms with Crippen molar-refractivity contribution in [2.45, 2.75) is 33.1 Å². The van der Waals surface area contributed by atoms with Gasteiger partial charge in [-0.05, 0) is 19.3 Å². The third-order valence-electron chi connectivity index (χ3n) is 2.59. The molecule has 0 aliphatic carbocycles. The van der Waals surface area contributed by atoms with Crippen molar-refractivity contribution in [2.24, 2.45) is 4.99 Å². The molecule has 0 amide bonds. The average Bonchev–Trinajstić information content (AvgIpc) is 2.25. The molecular formula is C12H19ClN4. The number of hydrogen-bond donors (Lipinski definition) is 0. The molecular weight excluding hydrogens is 236 g/mol. The predicted molar refractivity (Wildman–Crippen MR) is 72.3 cm³/mol. The highest BCUT2D eigenvalue weighted by Gasteiger charge is 2.14. The zero-order valence-electron chi connectivity index (χ0n) is 11.0. The molecule has 0 radical (unpaired) electrons. The van der Waals surface area contributed by atoms with E-state index in [4.69, 9.17) is 11.6 Å². The second-order valence-electron chi connectivity index (χ2n) is 4.33. The first-order valence-electron chi connectivity index (χ1n) is 5.70. The summed E-state index contributed by atoms with van der Waals surface area (Å²) in [6.07, 6.45) is 2.68. The van der Waals surface area contributed by atoms with Crippen LogP contribution in [0.3, 0.4) is 0 Å². The van der Waals surface area contributed by atoms with Crippen LogP contribution in [-0.2, 0) is 0 Å². The third kappa shape index (κ3) is 3.66. The summed E-state index contributed by atoms with van der Waals surface area (Å²) in [5.74, 6) is 0.780. The van der Waals surface area contributed by atoms with Crippen LogP contribution < -0.4 is 0 Å². The van der Waals surface area contributed by atoms with Gasteiger partial charge in [0.15, 0.2) is 0 Å². The van der Waals surface area contributed by atoms with Gasteiger partial charge in [-0.2, -0.15) is 4.98 Å². The van der Waals surface area contributed by atoms with E-state index in [1.54, 1.807) is 6.34 Å². The van der Waals surface area contributed by atoms with E-state index in [1.807, 2.05) is 25.9 Å². The molecule has 0 saturated carbocycles. The van der Waals surface area contributed by atoms with Gasteiger partial charge in [0.05, 0.1) is 6.34 Å². The van der Waals surface area contributed by atoms with Crippen LogP contribution in [0.15, 0.2) is 4.99 Å². The molecule has 0 fully saturated rings. The lowest BCUT2D eigenvalue weighted by Crippen LogP contribution is -2.08. The summed E-state index contributed by atoms with van der Waals surface area (Å²) in [7, 11) is 3.79. The molecule has 4 nitrogen and oxygen atoms in total. The lowest BCUT2D eigenvalue weighted by molar-refractivity contribution is 0.642. The molecule has 0 N–H and O–H groups in total. The first kappa shape index (κ1) is 13.9. The van der Waals surface area contributed by atoms with Crippen LogP contribution in [0.4, 0.5) is 5.95 Å². The van der Waals surface area contributed by atoms with Crippen LogP contribution in [0, 0.1) is 6.92 Å². The molecule has 1 aromatic heterocycles. The number of halogens is 1. The van der Waals surface area contributed by atoms with Gasteiger partial charge < -0.3 is 4.90 Å². The number of rotatable bonds is 4. The molecule has 0 aliphatic heterocycles. The highest BCUT2D eigenvalue weighted by Crippen LogP contribution is 2.28. The van der Waals surface area contributed by atoms with Gasteiger partial charge in [0, 0.05) is 25.4 Å². The Bertz CT molecular complexity index is 392. The normalized spacial score (nSPS) is 13.1. The summed E-state index contributed by atoms with van der Waals surface area (Å²) in [5.41, 5.74) is 1.93. The van der Waals surface area contributed by atoms with Crippen LogP contribution in [0.25, 0.3) is 0 Å². The van der Waals surface area contributed by atoms with Crippen LogP contribution in [0.5, 0.6) is 0 Å². The van der Waals surface area contributed by atoms with Gasteiger partial charge in [0.1, 0.15) is 5.15 Å². The van der Waals surface area contributed by atoms with E-state index >= 15 is 0 Å². The van der Waals surface area contributed by atoms with Gasteiger partial charge in [-0.1, -0.05) is 25.4 Å². The Morgan fingerprint density at radius 3 is 2.53 bits per heavy atom. The van der Waals surface area contributed by atoms with E-state index in [0.717, 1.165) is 17.7 Å². The fraction of sp³-hybridized carbons (Fsp3) is 0.583. The minimum atomic E-state index is 0.370. The Balaban J connectivity index is 3.09. The highest BCUT2D eigenvalue weighted by atomic mass is 35.5. The molecule has 94 valence electrons. The maximum absolute atomic E-state index is 6.19. The summed E-state index contributed by atoms with van der Waals surface area (Å²) in [6.45, 7) is 6.20. The molecule has 17 heavy (non-hydrogen) atoms. The van der Waals surface area contributed by atoms with Gasteiger partial charge in [0.25, 0.3) is 5.95 Å². The maximum atomic E-state index is 6.19. The van der Waals surface area contributed by atoms with Crippen molar-refractivity contribution in [1.29, 1.82) is 0 Å². The number of aliphatic imine (C=N–C) groups is 1. The lowest BCUT2D eigenvalue weighted by atomic mass is 9.99. The van der Waals surface area contributed by atoms with Crippen molar-refractivity contribution in [3.8, 4) is 0 Å². The fourth-order valence-electron chi connectivity index (χ4n) is 1.52. The molecule has 0 aliphatic rings. The zero-order valence-corrected chi connectivity index (χ0v) is 11.8. The minimum absolute atomic E-state index is 0.370. The quantitative estimate of drug-likeness (QED) is 0.471. The molecule has 0 bridgehead atoms. The third-order valence-corrected chi connectivity index (χ3v) is 2.88. The summed E-state index contributed by atoms with van der Waals surface area (Å²) < 4.78 is 0. The Kier molecular flexibility index (Phi) is 4.87. The number of aromatic nitrogens is 2. The van der Waals surface area contributed by atoms with Crippen molar-refractivity contribution < 1.29 is 0 Å². The molecule has 0 spiro atoms. The lowest BCUT2D eigenvalue weighted by Gasteiger charge is -2.13. The van der Waals surface area contributed by atoms with Gasteiger partial charge in [-0.3, -0.25) is 0 Å². The van der Waals surface area contributed by atoms with Crippen molar-refractivity contribution >= 4 is 23.9 Å². The molecule has 1 unspecified atom stereocenters. The first-order chi connectivity index (χ1) is 7.95. The SMILES string of the molecule is CCC(C)c1c(C)nc(/N=C/N(C)C)nc1Cl. The Hall–Kier alpha value is -1.16. The number of hydrogen-bond acceptors (Lipinski definition) is 3. The van der Waals surface area contributed by atoms with E-state index in [-0.39, 0.29) is 0 Å².